The lowest BCUT2D eigenvalue weighted by Gasteiger charge is -2.41. The molecule has 0 saturated carbocycles. The van der Waals surface area contributed by atoms with E-state index >= 15 is 0 Å². The molecule has 3 aliphatic rings. The molecule has 4 rings (SSSR count). The number of amides is 1. The maximum absolute atomic E-state index is 13.7. The highest BCUT2D eigenvalue weighted by molar-refractivity contribution is 6.01. The fourth-order valence-corrected chi connectivity index (χ4v) is 4.70. The fourth-order valence-electron chi connectivity index (χ4n) is 4.70. The predicted molar refractivity (Wildman–Crippen MR) is 114 cm³/mol. The number of nitrogens with one attached hydrogen (secondary N) is 1. The Balaban J connectivity index is 1.83. The summed E-state index contributed by atoms with van der Waals surface area (Å²) in [4.78, 5) is 28.6. The van der Waals surface area contributed by atoms with Gasteiger partial charge in [0.1, 0.15) is 5.75 Å². The van der Waals surface area contributed by atoms with E-state index in [0.29, 0.717) is 38.4 Å². The van der Waals surface area contributed by atoms with Crippen LogP contribution in [-0.4, -0.2) is 49.0 Å². The molecule has 1 amide bonds. The summed E-state index contributed by atoms with van der Waals surface area (Å²) in [6.45, 7) is 10.3. The number of para-hydroxylation sites is 1. The van der Waals surface area contributed by atoms with Crippen molar-refractivity contribution in [3.8, 4) is 5.75 Å². The quantitative estimate of drug-likeness (QED) is 0.826. The van der Waals surface area contributed by atoms with Crippen molar-refractivity contribution in [3.63, 3.8) is 0 Å². The lowest BCUT2D eigenvalue weighted by Crippen LogP contribution is -2.49. The minimum atomic E-state index is -0.555. The number of Topliss-reactive ketones (excluding diaryl/α,β-unsaturated/α-hetero) is 1. The zero-order valence-electron chi connectivity index (χ0n) is 17.8. The van der Waals surface area contributed by atoms with Gasteiger partial charge in [-0.3, -0.25) is 9.59 Å². The van der Waals surface area contributed by atoms with E-state index in [1.54, 1.807) is 0 Å². The summed E-state index contributed by atoms with van der Waals surface area (Å²) in [7, 11) is 0. The Morgan fingerprint density at radius 2 is 1.97 bits per heavy atom. The third-order valence-corrected chi connectivity index (χ3v) is 5.99. The molecule has 0 radical (unpaired) electrons. The average Bonchev–Trinajstić information content (AvgIpc) is 2.73. The molecule has 0 spiro atoms. The largest absolute Gasteiger partial charge is 0.491 e. The summed E-state index contributed by atoms with van der Waals surface area (Å²) < 4.78 is 11.5. The molecule has 6 heteroatoms. The van der Waals surface area contributed by atoms with Crippen LogP contribution in [0.15, 0.2) is 47.8 Å². The molecule has 2 atom stereocenters. The minimum Gasteiger partial charge on any atom is -0.491 e. The second-order valence-electron chi connectivity index (χ2n) is 8.42. The zero-order valence-corrected chi connectivity index (χ0v) is 17.8. The predicted octanol–water partition coefficient (Wildman–Crippen LogP) is 3.16. The number of nitrogens with zero attached hydrogens (tertiary/aromatic N) is 1. The van der Waals surface area contributed by atoms with Gasteiger partial charge >= 0.3 is 0 Å². The van der Waals surface area contributed by atoms with Crippen LogP contribution in [0.5, 0.6) is 5.75 Å². The van der Waals surface area contributed by atoms with Crippen LogP contribution >= 0.6 is 0 Å². The van der Waals surface area contributed by atoms with Gasteiger partial charge in [0.25, 0.3) is 0 Å². The second-order valence-corrected chi connectivity index (χ2v) is 8.42. The van der Waals surface area contributed by atoms with Gasteiger partial charge in [-0.25, -0.2) is 0 Å². The first kappa shape index (κ1) is 20.7. The molecule has 0 bridgehead atoms. The number of carbonyl (C=O) groups excluding carboxylic acids is 2. The molecular weight excluding hydrogens is 380 g/mol. The van der Waals surface area contributed by atoms with E-state index in [-0.39, 0.29) is 17.8 Å². The Bertz CT molecular complexity index is 883. The molecule has 0 aromatic heterocycles. The molecule has 1 aliphatic carbocycles. The first-order chi connectivity index (χ1) is 14.5. The molecule has 6 nitrogen and oxygen atoms in total. The van der Waals surface area contributed by atoms with Gasteiger partial charge in [0.05, 0.1) is 25.2 Å². The van der Waals surface area contributed by atoms with E-state index in [1.165, 1.54) is 0 Å². The van der Waals surface area contributed by atoms with Crippen molar-refractivity contribution in [1.29, 1.82) is 0 Å². The summed E-state index contributed by atoms with van der Waals surface area (Å²) in [5.74, 6) is -0.129. The van der Waals surface area contributed by atoms with Crippen molar-refractivity contribution in [1.82, 2.24) is 10.2 Å². The van der Waals surface area contributed by atoms with Gasteiger partial charge in [0, 0.05) is 48.0 Å². The smallest absolute Gasteiger partial charge is 0.232 e. The molecule has 1 saturated heterocycles. The topological polar surface area (TPSA) is 67.9 Å². The number of ketones is 1. The van der Waals surface area contributed by atoms with E-state index in [0.717, 1.165) is 35.4 Å². The second kappa shape index (κ2) is 8.64. The monoisotopic (exact) mass is 410 g/mol. The van der Waals surface area contributed by atoms with Crippen LogP contribution in [0, 0.1) is 5.92 Å². The van der Waals surface area contributed by atoms with Crippen molar-refractivity contribution in [2.24, 2.45) is 5.92 Å². The molecule has 2 aliphatic heterocycles. The standard InChI is InChI=1S/C24H30N2O4/c1-15(2)30-20-10-5-4-7-17(20)22-21(24(28)26-11-13-29-14-12-26)16(3)25-18-8-6-9-19(27)23(18)22/h4-5,7,10,15,21-22,25H,3,6,8-9,11-14H2,1-2H3. The molecule has 1 aromatic rings. The number of ether oxygens (including phenoxy) is 2. The molecule has 2 heterocycles. The normalized spacial score (nSPS) is 24.6. The number of benzene rings is 1. The number of carbonyl (C=O) groups is 2. The number of morpholine rings is 1. The number of hydrogen-bond acceptors (Lipinski definition) is 5. The lowest BCUT2D eigenvalue weighted by atomic mass is 9.71. The summed E-state index contributed by atoms with van der Waals surface area (Å²) in [6, 6.07) is 7.77. The van der Waals surface area contributed by atoms with E-state index in [2.05, 4.69) is 11.9 Å². The maximum Gasteiger partial charge on any atom is 0.232 e. The molecule has 1 aromatic carbocycles. The summed E-state index contributed by atoms with van der Waals surface area (Å²) in [5.41, 5.74) is 3.17. The van der Waals surface area contributed by atoms with Crippen molar-refractivity contribution >= 4 is 11.7 Å². The Morgan fingerprint density at radius 3 is 2.70 bits per heavy atom. The van der Waals surface area contributed by atoms with Gasteiger partial charge in [-0.15, -0.1) is 0 Å². The Morgan fingerprint density at radius 1 is 1.23 bits per heavy atom. The Labute approximate surface area is 177 Å². The molecule has 2 unspecified atom stereocenters. The van der Waals surface area contributed by atoms with Gasteiger partial charge in [0.15, 0.2) is 5.78 Å². The van der Waals surface area contributed by atoms with Gasteiger partial charge < -0.3 is 19.7 Å². The molecule has 30 heavy (non-hydrogen) atoms. The first-order valence-corrected chi connectivity index (χ1v) is 10.8. The minimum absolute atomic E-state index is 0.00919. The third kappa shape index (κ3) is 3.88. The van der Waals surface area contributed by atoms with Crippen molar-refractivity contribution in [2.75, 3.05) is 26.3 Å². The average molecular weight is 411 g/mol. The van der Waals surface area contributed by atoms with Crippen LogP contribution in [-0.2, 0) is 14.3 Å². The zero-order chi connectivity index (χ0) is 21.3. The van der Waals surface area contributed by atoms with Gasteiger partial charge in [-0.2, -0.15) is 0 Å². The van der Waals surface area contributed by atoms with Gasteiger partial charge in [-0.05, 0) is 32.8 Å². The summed E-state index contributed by atoms with van der Waals surface area (Å²) >= 11 is 0. The highest BCUT2D eigenvalue weighted by Crippen LogP contribution is 2.47. The van der Waals surface area contributed by atoms with Gasteiger partial charge in [0.2, 0.25) is 5.91 Å². The molecule has 1 fully saturated rings. The highest BCUT2D eigenvalue weighted by atomic mass is 16.5. The van der Waals surface area contributed by atoms with Crippen LogP contribution in [0.25, 0.3) is 0 Å². The van der Waals surface area contributed by atoms with E-state index in [1.807, 2.05) is 43.0 Å². The Hall–Kier alpha value is -2.60. The van der Waals surface area contributed by atoms with Crippen LogP contribution in [0.1, 0.15) is 44.6 Å². The molecule has 160 valence electrons. The van der Waals surface area contributed by atoms with Crippen molar-refractivity contribution in [2.45, 2.75) is 45.1 Å². The highest BCUT2D eigenvalue weighted by Gasteiger charge is 2.45. The molecular formula is C24H30N2O4. The van der Waals surface area contributed by atoms with Crippen LogP contribution in [0.4, 0.5) is 0 Å². The summed E-state index contributed by atoms with van der Waals surface area (Å²) in [5, 5.41) is 3.32. The van der Waals surface area contributed by atoms with E-state index < -0.39 is 11.8 Å². The fraction of sp³-hybridized carbons (Fsp3) is 0.500. The number of allylic oxidation sites excluding steroid dienone is 2. The maximum atomic E-state index is 13.7. The van der Waals surface area contributed by atoms with Crippen molar-refractivity contribution < 1.29 is 19.1 Å². The lowest BCUT2D eigenvalue weighted by molar-refractivity contribution is -0.139. The molecule has 1 N–H and O–H groups in total. The van der Waals surface area contributed by atoms with Gasteiger partial charge in [-0.1, -0.05) is 24.8 Å². The third-order valence-electron chi connectivity index (χ3n) is 5.99. The van der Waals surface area contributed by atoms with Crippen molar-refractivity contribution in [3.05, 3.63) is 53.4 Å². The Kier molecular flexibility index (Phi) is 5.95. The van der Waals surface area contributed by atoms with Crippen LogP contribution < -0.4 is 10.1 Å². The van der Waals surface area contributed by atoms with Crippen LogP contribution in [0.2, 0.25) is 0 Å². The van der Waals surface area contributed by atoms with E-state index in [9.17, 15) is 9.59 Å². The number of rotatable bonds is 4. The van der Waals surface area contributed by atoms with Crippen LogP contribution in [0.3, 0.4) is 0 Å². The summed E-state index contributed by atoms with van der Waals surface area (Å²) in [6.07, 6.45) is 2.11. The van der Waals surface area contributed by atoms with E-state index in [4.69, 9.17) is 9.47 Å². The SMILES string of the molecule is C=C1NC2=C(C(=O)CCC2)C(c2ccccc2OC(C)C)C1C(=O)N1CCOCC1. The first-order valence-electron chi connectivity index (χ1n) is 10.8. The number of hydrogen-bond donors (Lipinski definition) is 1.